The lowest BCUT2D eigenvalue weighted by Gasteiger charge is -2.07. The third-order valence-electron chi connectivity index (χ3n) is 3.75. The van der Waals surface area contributed by atoms with Crippen LogP contribution < -0.4 is 20.6 Å². The number of thiazole rings is 1. The molecule has 0 aliphatic carbocycles. The summed E-state index contributed by atoms with van der Waals surface area (Å²) in [6, 6.07) is 8.41. The minimum atomic E-state index is -0.604. The molecule has 0 radical (unpaired) electrons. The first-order valence-corrected chi connectivity index (χ1v) is 9.23. The smallest absolute Gasteiger partial charge is 0.291 e. The normalized spacial score (nSPS) is 11.8. The van der Waals surface area contributed by atoms with Crippen LogP contribution in [0.4, 0.5) is 0 Å². The number of pyridine rings is 1. The van der Waals surface area contributed by atoms with Gasteiger partial charge in [-0.1, -0.05) is 22.9 Å². The van der Waals surface area contributed by atoms with Crippen LogP contribution in [0.3, 0.4) is 0 Å². The zero-order valence-electron chi connectivity index (χ0n) is 14.2. The summed E-state index contributed by atoms with van der Waals surface area (Å²) in [5.74, 6) is 0.234. The van der Waals surface area contributed by atoms with Gasteiger partial charge in [-0.3, -0.25) is 14.6 Å². The second-order valence-electron chi connectivity index (χ2n) is 5.72. The highest BCUT2D eigenvalue weighted by Gasteiger charge is 2.13. The molecule has 10 heteroatoms. The van der Waals surface area contributed by atoms with Gasteiger partial charge in [0.15, 0.2) is 12.4 Å². The molecule has 0 aliphatic heterocycles. The van der Waals surface area contributed by atoms with Gasteiger partial charge in [0.25, 0.3) is 11.5 Å². The molecule has 0 saturated heterocycles. The average molecular weight is 414 g/mol. The zero-order valence-corrected chi connectivity index (χ0v) is 15.8. The summed E-state index contributed by atoms with van der Waals surface area (Å²) >= 11 is 7.24. The molecule has 1 amide bonds. The van der Waals surface area contributed by atoms with E-state index >= 15 is 0 Å². The van der Waals surface area contributed by atoms with Crippen LogP contribution in [-0.2, 0) is 4.79 Å². The highest BCUT2D eigenvalue weighted by atomic mass is 35.5. The number of fused-ring (bicyclic) bond motifs is 1. The van der Waals surface area contributed by atoms with Crippen molar-refractivity contribution in [3.05, 3.63) is 68.2 Å². The predicted octanol–water partition coefficient (Wildman–Crippen LogP) is 1.28. The first-order chi connectivity index (χ1) is 13.5. The molecule has 0 aliphatic rings. The van der Waals surface area contributed by atoms with Gasteiger partial charge in [-0.05, 0) is 36.4 Å². The molecule has 0 atom stereocenters. The molecule has 140 valence electrons. The van der Waals surface area contributed by atoms with Crippen LogP contribution in [0.1, 0.15) is 5.56 Å². The standard InChI is InChI=1S/C18H12ClN5O3S/c19-12-1-2-13(27-9-15(20)25)11(7-12)8-14-17(26)24-18(28-14)22-16(23-24)10-3-5-21-6-4-10/h1-8H,9H2,(H2,20,25)/b14-8-. The van der Waals surface area contributed by atoms with E-state index in [-0.39, 0.29) is 12.2 Å². The van der Waals surface area contributed by atoms with Gasteiger partial charge in [0.2, 0.25) is 4.96 Å². The summed E-state index contributed by atoms with van der Waals surface area (Å²) < 4.78 is 7.05. The van der Waals surface area contributed by atoms with Gasteiger partial charge in [-0.15, -0.1) is 5.10 Å². The number of primary amides is 1. The third kappa shape index (κ3) is 3.57. The average Bonchev–Trinajstić information content (AvgIpc) is 3.22. The van der Waals surface area contributed by atoms with Gasteiger partial charge in [-0.2, -0.15) is 9.50 Å². The minimum absolute atomic E-state index is 0.280. The number of amides is 1. The summed E-state index contributed by atoms with van der Waals surface area (Å²) in [5.41, 5.74) is 6.13. The van der Waals surface area contributed by atoms with Gasteiger partial charge >= 0.3 is 0 Å². The molecule has 0 saturated carbocycles. The van der Waals surface area contributed by atoms with Crippen LogP contribution in [-0.4, -0.2) is 32.1 Å². The number of hydrogen-bond donors (Lipinski definition) is 1. The molecule has 3 aromatic heterocycles. The Balaban J connectivity index is 1.78. The molecule has 8 nitrogen and oxygen atoms in total. The van der Waals surface area contributed by atoms with Crippen molar-refractivity contribution in [3.63, 3.8) is 0 Å². The quantitative estimate of drug-likeness (QED) is 0.527. The predicted molar refractivity (Wildman–Crippen MR) is 105 cm³/mol. The number of carbonyl (C=O) groups is 1. The molecule has 4 aromatic rings. The molecule has 0 spiro atoms. The van der Waals surface area contributed by atoms with E-state index in [1.165, 1.54) is 15.9 Å². The fourth-order valence-corrected chi connectivity index (χ4v) is 3.59. The SMILES string of the molecule is NC(=O)COc1ccc(Cl)cc1/C=c1\sc2nc(-c3ccncc3)nn2c1=O. The number of hydrogen-bond acceptors (Lipinski definition) is 7. The van der Waals surface area contributed by atoms with Crippen molar-refractivity contribution in [2.45, 2.75) is 0 Å². The molecule has 3 heterocycles. The number of aromatic nitrogens is 4. The largest absolute Gasteiger partial charge is 0.483 e. The van der Waals surface area contributed by atoms with Crippen molar-refractivity contribution >= 4 is 39.9 Å². The first-order valence-electron chi connectivity index (χ1n) is 8.03. The van der Waals surface area contributed by atoms with Crippen LogP contribution in [0.15, 0.2) is 47.5 Å². The van der Waals surface area contributed by atoms with E-state index in [0.29, 0.717) is 31.7 Å². The molecule has 0 fully saturated rings. The van der Waals surface area contributed by atoms with Gasteiger partial charge in [0.05, 0.1) is 4.53 Å². The number of nitrogens with zero attached hydrogens (tertiary/aromatic N) is 4. The Hall–Kier alpha value is -3.30. The fourth-order valence-electron chi connectivity index (χ4n) is 2.51. The van der Waals surface area contributed by atoms with E-state index in [9.17, 15) is 9.59 Å². The number of ether oxygens (including phenoxy) is 1. The lowest BCUT2D eigenvalue weighted by Crippen LogP contribution is -2.24. The van der Waals surface area contributed by atoms with E-state index in [1.54, 1.807) is 48.8 Å². The number of rotatable bonds is 5. The summed E-state index contributed by atoms with van der Waals surface area (Å²) in [7, 11) is 0. The fraction of sp³-hybridized carbons (Fsp3) is 0.0556. The molecule has 0 unspecified atom stereocenters. The van der Waals surface area contributed by atoms with Gasteiger partial charge < -0.3 is 10.5 Å². The lowest BCUT2D eigenvalue weighted by molar-refractivity contribution is -0.119. The molecule has 0 bridgehead atoms. The summed E-state index contributed by atoms with van der Waals surface area (Å²) in [6.45, 7) is -0.280. The van der Waals surface area contributed by atoms with Crippen LogP contribution in [0.2, 0.25) is 5.02 Å². The van der Waals surface area contributed by atoms with E-state index in [2.05, 4.69) is 15.1 Å². The molecular weight excluding hydrogens is 402 g/mol. The van der Waals surface area contributed by atoms with Crippen molar-refractivity contribution in [3.8, 4) is 17.1 Å². The van der Waals surface area contributed by atoms with Gasteiger partial charge in [0, 0.05) is 28.5 Å². The topological polar surface area (TPSA) is 112 Å². The Morgan fingerprint density at radius 2 is 2.07 bits per heavy atom. The second-order valence-corrected chi connectivity index (χ2v) is 7.16. The number of nitrogens with two attached hydrogens (primary N) is 1. The first kappa shape index (κ1) is 18.1. The van der Waals surface area contributed by atoms with Crippen molar-refractivity contribution in [1.82, 2.24) is 19.6 Å². The number of halogens is 1. The Bertz CT molecular complexity index is 1290. The third-order valence-corrected chi connectivity index (χ3v) is 4.94. The molecule has 2 N–H and O–H groups in total. The second kappa shape index (κ2) is 7.37. The van der Waals surface area contributed by atoms with Crippen LogP contribution in [0.5, 0.6) is 5.75 Å². The minimum Gasteiger partial charge on any atom is -0.483 e. The Labute approximate surface area is 166 Å². The Morgan fingerprint density at radius 1 is 1.29 bits per heavy atom. The number of benzene rings is 1. The van der Waals surface area contributed by atoms with Crippen molar-refractivity contribution in [2.24, 2.45) is 5.73 Å². The van der Waals surface area contributed by atoms with Crippen LogP contribution >= 0.6 is 22.9 Å². The van der Waals surface area contributed by atoms with Crippen molar-refractivity contribution in [2.75, 3.05) is 6.61 Å². The van der Waals surface area contributed by atoms with Crippen molar-refractivity contribution in [1.29, 1.82) is 0 Å². The van der Waals surface area contributed by atoms with E-state index in [0.717, 1.165) is 5.56 Å². The maximum absolute atomic E-state index is 12.7. The maximum atomic E-state index is 12.7. The van der Waals surface area contributed by atoms with Crippen LogP contribution in [0.25, 0.3) is 22.4 Å². The Kier molecular flexibility index (Phi) is 4.76. The summed E-state index contributed by atoms with van der Waals surface area (Å²) in [6.07, 6.45) is 4.89. The van der Waals surface area contributed by atoms with E-state index < -0.39 is 5.91 Å². The molecule has 28 heavy (non-hydrogen) atoms. The number of carbonyl (C=O) groups excluding carboxylic acids is 1. The van der Waals surface area contributed by atoms with E-state index in [1.807, 2.05) is 0 Å². The van der Waals surface area contributed by atoms with Crippen LogP contribution in [0, 0.1) is 0 Å². The highest BCUT2D eigenvalue weighted by Crippen LogP contribution is 2.24. The molecule has 4 rings (SSSR count). The lowest BCUT2D eigenvalue weighted by atomic mass is 10.2. The van der Waals surface area contributed by atoms with E-state index in [4.69, 9.17) is 22.1 Å². The zero-order chi connectivity index (χ0) is 19.7. The highest BCUT2D eigenvalue weighted by molar-refractivity contribution is 7.15. The monoisotopic (exact) mass is 413 g/mol. The Morgan fingerprint density at radius 3 is 2.79 bits per heavy atom. The summed E-state index contributed by atoms with van der Waals surface area (Å²) in [5, 5.41) is 4.74. The van der Waals surface area contributed by atoms with Gasteiger partial charge in [-0.25, -0.2) is 0 Å². The molecular formula is C18H12ClN5O3S. The van der Waals surface area contributed by atoms with Crippen molar-refractivity contribution < 1.29 is 9.53 Å². The van der Waals surface area contributed by atoms with Gasteiger partial charge in [0.1, 0.15) is 5.75 Å². The summed E-state index contributed by atoms with van der Waals surface area (Å²) in [4.78, 5) is 32.5. The maximum Gasteiger partial charge on any atom is 0.291 e. The molecule has 1 aromatic carbocycles.